The van der Waals surface area contributed by atoms with E-state index in [1.165, 1.54) is 45.2 Å². The average molecular weight is 242 g/mol. The van der Waals surface area contributed by atoms with Gasteiger partial charge in [0.1, 0.15) is 0 Å². The summed E-state index contributed by atoms with van der Waals surface area (Å²) in [5.74, 6) is 0. The maximum atomic E-state index is 3.62. The Hall–Kier alpha value is -0.0800. The highest BCUT2D eigenvalue weighted by Crippen LogP contribution is 2.08. The molecule has 2 unspecified atom stereocenters. The molecule has 0 fully saturated rings. The Morgan fingerprint density at radius 1 is 0.882 bits per heavy atom. The molecule has 0 heterocycles. The van der Waals surface area contributed by atoms with Gasteiger partial charge in [-0.05, 0) is 52.7 Å². The van der Waals surface area contributed by atoms with Gasteiger partial charge >= 0.3 is 0 Å². The summed E-state index contributed by atoms with van der Waals surface area (Å²) in [7, 11) is 0. The Bertz CT molecular complexity index is 151. The van der Waals surface area contributed by atoms with Crippen LogP contribution in [-0.2, 0) is 0 Å². The Morgan fingerprint density at radius 2 is 1.41 bits per heavy atom. The van der Waals surface area contributed by atoms with Crippen LogP contribution in [0.25, 0.3) is 0 Å². The lowest BCUT2D eigenvalue weighted by atomic mass is 10.1. The van der Waals surface area contributed by atoms with E-state index in [4.69, 9.17) is 0 Å². The van der Waals surface area contributed by atoms with E-state index < -0.39 is 0 Å². The smallest absolute Gasteiger partial charge is 0.0218 e. The fraction of sp³-hybridized carbons (Fsp3) is 1.00. The summed E-state index contributed by atoms with van der Waals surface area (Å²) < 4.78 is 0. The summed E-state index contributed by atoms with van der Waals surface area (Å²) >= 11 is 0. The molecule has 0 saturated carbocycles. The predicted molar refractivity (Wildman–Crippen MR) is 78.6 cm³/mol. The normalized spacial score (nSPS) is 15.2. The minimum Gasteiger partial charge on any atom is -0.313 e. The number of unbranched alkanes of at least 4 members (excludes halogenated alkanes) is 2. The summed E-state index contributed by atoms with van der Waals surface area (Å²) in [5, 5.41) is 3.62. The second-order valence-electron chi connectivity index (χ2n) is 5.23. The summed E-state index contributed by atoms with van der Waals surface area (Å²) in [5.41, 5.74) is 0. The summed E-state index contributed by atoms with van der Waals surface area (Å²) in [6.07, 6.45) is 6.47. The number of rotatable bonds is 11. The van der Waals surface area contributed by atoms with Crippen LogP contribution in [0.5, 0.6) is 0 Å². The van der Waals surface area contributed by atoms with Gasteiger partial charge in [0.25, 0.3) is 0 Å². The lowest BCUT2D eigenvalue weighted by molar-refractivity contribution is 0.170. The highest BCUT2D eigenvalue weighted by molar-refractivity contribution is 4.77. The van der Waals surface area contributed by atoms with E-state index in [0.29, 0.717) is 12.1 Å². The largest absolute Gasteiger partial charge is 0.313 e. The van der Waals surface area contributed by atoms with Crippen LogP contribution in [-0.4, -0.2) is 36.6 Å². The first kappa shape index (κ1) is 16.9. The Balaban J connectivity index is 4.12. The molecule has 0 saturated heterocycles. The van der Waals surface area contributed by atoms with Crippen molar-refractivity contribution in [1.82, 2.24) is 10.2 Å². The highest BCUT2D eigenvalue weighted by Gasteiger charge is 2.18. The molecule has 0 aliphatic carbocycles. The molecule has 0 spiro atoms. The Labute approximate surface area is 109 Å². The lowest BCUT2D eigenvalue weighted by Crippen LogP contribution is -2.47. The minimum atomic E-state index is 0.601. The van der Waals surface area contributed by atoms with Crippen LogP contribution in [0.4, 0.5) is 0 Å². The Kier molecular flexibility index (Phi) is 11.0. The van der Waals surface area contributed by atoms with Gasteiger partial charge in [-0.25, -0.2) is 0 Å². The number of nitrogens with zero attached hydrogens (tertiary/aromatic N) is 1. The van der Waals surface area contributed by atoms with E-state index in [1.807, 2.05) is 0 Å². The third-order valence-electron chi connectivity index (χ3n) is 3.61. The first-order valence-corrected chi connectivity index (χ1v) is 7.64. The van der Waals surface area contributed by atoms with Crippen molar-refractivity contribution in [2.75, 3.05) is 19.6 Å². The van der Waals surface area contributed by atoms with Gasteiger partial charge in [0.2, 0.25) is 0 Å². The van der Waals surface area contributed by atoms with Gasteiger partial charge in [-0.2, -0.15) is 0 Å². The van der Waals surface area contributed by atoms with Crippen molar-refractivity contribution in [1.29, 1.82) is 0 Å². The van der Waals surface area contributed by atoms with Crippen molar-refractivity contribution >= 4 is 0 Å². The molecule has 2 atom stereocenters. The number of nitrogens with one attached hydrogen (secondary N) is 1. The van der Waals surface area contributed by atoms with Crippen LogP contribution in [0.1, 0.15) is 66.7 Å². The minimum absolute atomic E-state index is 0.601. The zero-order valence-electron chi connectivity index (χ0n) is 12.8. The molecule has 0 rings (SSSR count). The molecule has 2 heteroatoms. The van der Waals surface area contributed by atoms with E-state index in [2.05, 4.69) is 44.8 Å². The monoisotopic (exact) mass is 242 g/mol. The fourth-order valence-electron chi connectivity index (χ4n) is 2.10. The van der Waals surface area contributed by atoms with Crippen molar-refractivity contribution in [3.8, 4) is 0 Å². The molecule has 0 aromatic carbocycles. The van der Waals surface area contributed by atoms with Gasteiger partial charge in [0.05, 0.1) is 0 Å². The van der Waals surface area contributed by atoms with Crippen LogP contribution in [0.15, 0.2) is 0 Å². The van der Waals surface area contributed by atoms with Crippen molar-refractivity contribution in [3.05, 3.63) is 0 Å². The second kappa shape index (κ2) is 11.0. The molecule has 17 heavy (non-hydrogen) atoms. The summed E-state index contributed by atoms with van der Waals surface area (Å²) in [4.78, 5) is 2.67. The van der Waals surface area contributed by atoms with Crippen molar-refractivity contribution in [3.63, 3.8) is 0 Å². The maximum Gasteiger partial charge on any atom is 0.0218 e. The van der Waals surface area contributed by atoms with Gasteiger partial charge in [0, 0.05) is 12.1 Å². The van der Waals surface area contributed by atoms with Crippen molar-refractivity contribution in [2.24, 2.45) is 0 Å². The van der Waals surface area contributed by atoms with Gasteiger partial charge < -0.3 is 5.32 Å². The van der Waals surface area contributed by atoms with E-state index in [0.717, 1.165) is 6.54 Å². The highest BCUT2D eigenvalue weighted by atomic mass is 15.2. The van der Waals surface area contributed by atoms with Crippen molar-refractivity contribution < 1.29 is 0 Å². The average Bonchev–Trinajstić information content (AvgIpc) is 2.35. The molecule has 0 aromatic heterocycles. The van der Waals surface area contributed by atoms with Crippen LogP contribution >= 0.6 is 0 Å². The van der Waals surface area contributed by atoms with E-state index in [9.17, 15) is 0 Å². The quantitative estimate of drug-likeness (QED) is 0.595. The topological polar surface area (TPSA) is 15.3 Å². The number of hydrogen-bond acceptors (Lipinski definition) is 2. The maximum absolute atomic E-state index is 3.62. The van der Waals surface area contributed by atoms with E-state index >= 15 is 0 Å². The number of hydrogen-bond donors (Lipinski definition) is 1. The van der Waals surface area contributed by atoms with E-state index in [-0.39, 0.29) is 0 Å². The molecule has 0 aliphatic rings. The van der Waals surface area contributed by atoms with E-state index in [1.54, 1.807) is 0 Å². The van der Waals surface area contributed by atoms with Crippen LogP contribution in [0, 0.1) is 0 Å². The first-order chi connectivity index (χ1) is 8.17. The Morgan fingerprint density at radius 3 is 1.82 bits per heavy atom. The standard InChI is InChI=1S/C15H34N2/c1-6-9-12-17(13-10-7-2)15(5)14(4)16-11-8-3/h14-16H,6-13H2,1-5H3. The third-order valence-corrected chi connectivity index (χ3v) is 3.61. The summed E-state index contributed by atoms with van der Waals surface area (Å²) in [6.45, 7) is 15.1. The second-order valence-corrected chi connectivity index (χ2v) is 5.23. The molecule has 0 aliphatic heterocycles. The van der Waals surface area contributed by atoms with Crippen LogP contribution < -0.4 is 5.32 Å². The predicted octanol–water partition coefficient (Wildman–Crippen LogP) is 3.67. The zero-order valence-corrected chi connectivity index (χ0v) is 12.8. The molecule has 2 nitrogen and oxygen atoms in total. The van der Waals surface area contributed by atoms with Gasteiger partial charge in [-0.15, -0.1) is 0 Å². The SMILES string of the molecule is CCCCN(CCCC)C(C)C(C)NCCC. The summed E-state index contributed by atoms with van der Waals surface area (Å²) in [6, 6.07) is 1.25. The fourth-order valence-corrected chi connectivity index (χ4v) is 2.10. The molecule has 0 amide bonds. The molecule has 0 aromatic rings. The lowest BCUT2D eigenvalue weighted by Gasteiger charge is -2.33. The molecule has 1 N–H and O–H groups in total. The van der Waals surface area contributed by atoms with Gasteiger partial charge in [-0.3, -0.25) is 4.90 Å². The molecule has 104 valence electrons. The van der Waals surface area contributed by atoms with Crippen LogP contribution in [0.3, 0.4) is 0 Å². The van der Waals surface area contributed by atoms with Crippen LogP contribution in [0.2, 0.25) is 0 Å². The third kappa shape index (κ3) is 7.77. The van der Waals surface area contributed by atoms with Gasteiger partial charge in [0.15, 0.2) is 0 Å². The van der Waals surface area contributed by atoms with Crippen molar-refractivity contribution in [2.45, 2.75) is 78.8 Å². The molecular weight excluding hydrogens is 208 g/mol. The first-order valence-electron chi connectivity index (χ1n) is 7.64. The zero-order chi connectivity index (χ0) is 13.1. The van der Waals surface area contributed by atoms with Gasteiger partial charge in [-0.1, -0.05) is 33.6 Å². The molecular formula is C15H34N2. The molecule has 0 bridgehead atoms. The molecule has 0 radical (unpaired) electrons.